The van der Waals surface area contributed by atoms with Crippen LogP contribution in [0.25, 0.3) is 0 Å². The minimum atomic E-state index is -0.506. The zero-order valence-electron chi connectivity index (χ0n) is 23.5. The van der Waals surface area contributed by atoms with Crippen molar-refractivity contribution in [1.82, 2.24) is 0 Å². The average molecular weight is 554 g/mol. The molecule has 214 valence electrons. The fraction of sp³-hybridized carbons (Fsp3) is 0.314. The van der Waals surface area contributed by atoms with Crippen LogP contribution < -0.4 is 5.32 Å². The van der Waals surface area contributed by atoms with Crippen molar-refractivity contribution in [2.45, 2.75) is 44.4 Å². The van der Waals surface area contributed by atoms with Gasteiger partial charge < -0.3 is 29.0 Å². The number of ether oxygens (including phenoxy) is 5. The van der Waals surface area contributed by atoms with Gasteiger partial charge in [-0.15, -0.1) is 0 Å². The summed E-state index contributed by atoms with van der Waals surface area (Å²) in [4.78, 5) is 0. The van der Waals surface area contributed by atoms with Crippen molar-refractivity contribution in [3.63, 3.8) is 0 Å². The zero-order valence-corrected chi connectivity index (χ0v) is 23.5. The molecule has 0 aromatic heterocycles. The Labute approximate surface area is 243 Å². The molecule has 1 saturated heterocycles. The summed E-state index contributed by atoms with van der Waals surface area (Å²) in [5.41, 5.74) is 4.32. The third-order valence-electron chi connectivity index (χ3n) is 7.28. The molecule has 1 aliphatic rings. The van der Waals surface area contributed by atoms with Gasteiger partial charge in [-0.05, 0) is 28.8 Å². The molecule has 4 aromatic rings. The Kier molecular flexibility index (Phi) is 10.9. The molecule has 6 nitrogen and oxygen atoms in total. The number of rotatable bonds is 14. The lowest BCUT2D eigenvalue weighted by Crippen LogP contribution is -2.59. The number of para-hydroxylation sites is 1. The van der Waals surface area contributed by atoms with Gasteiger partial charge in [0.15, 0.2) is 6.29 Å². The first-order chi connectivity index (χ1) is 20.3. The molecule has 1 N–H and O–H groups in total. The number of methoxy groups -OCH3 is 1. The summed E-state index contributed by atoms with van der Waals surface area (Å²) in [7, 11) is 1.68. The molecule has 0 spiro atoms. The maximum absolute atomic E-state index is 6.72. The normalized spacial score (nSPS) is 22.3. The number of anilines is 1. The van der Waals surface area contributed by atoms with Gasteiger partial charge in [-0.2, -0.15) is 0 Å². The van der Waals surface area contributed by atoms with Crippen molar-refractivity contribution in [3.05, 3.63) is 138 Å². The van der Waals surface area contributed by atoms with E-state index in [1.54, 1.807) is 7.11 Å². The van der Waals surface area contributed by atoms with Gasteiger partial charge in [-0.3, -0.25) is 0 Å². The molecule has 1 fully saturated rings. The van der Waals surface area contributed by atoms with Crippen LogP contribution in [0.1, 0.15) is 16.7 Å². The van der Waals surface area contributed by atoms with Crippen LogP contribution in [0.2, 0.25) is 0 Å². The van der Waals surface area contributed by atoms with Crippen molar-refractivity contribution < 1.29 is 23.7 Å². The van der Waals surface area contributed by atoms with Crippen LogP contribution in [0.4, 0.5) is 5.69 Å². The summed E-state index contributed by atoms with van der Waals surface area (Å²) >= 11 is 0. The number of hydrogen-bond acceptors (Lipinski definition) is 6. The minimum Gasteiger partial charge on any atom is -0.384 e. The van der Waals surface area contributed by atoms with Crippen LogP contribution in [-0.4, -0.2) is 44.9 Å². The monoisotopic (exact) mass is 553 g/mol. The van der Waals surface area contributed by atoms with E-state index < -0.39 is 6.29 Å². The standard InChI is InChI=1S/C35H39NO5/c1-37-35-31(22-36-30-20-12-5-13-21-30)33(39-24-28-16-8-3-9-17-28)34(40-25-29-18-10-4-11-19-29)32(41-35)26-38-23-27-14-6-2-7-15-27/h2-21,31-36H,22-26H2,1H3/t31-,32-,33-,34-,35?/m1/s1. The van der Waals surface area contributed by atoms with Crippen LogP contribution >= 0.6 is 0 Å². The van der Waals surface area contributed by atoms with Gasteiger partial charge in [0.1, 0.15) is 12.2 Å². The molecule has 5 atom stereocenters. The highest BCUT2D eigenvalue weighted by atomic mass is 16.7. The van der Waals surface area contributed by atoms with Crippen molar-refractivity contribution in [2.24, 2.45) is 5.92 Å². The first kappa shape index (κ1) is 29.0. The Balaban J connectivity index is 1.38. The van der Waals surface area contributed by atoms with E-state index in [0.29, 0.717) is 33.0 Å². The Morgan fingerprint density at radius 2 is 1.10 bits per heavy atom. The van der Waals surface area contributed by atoms with Gasteiger partial charge in [0.25, 0.3) is 0 Å². The third kappa shape index (κ3) is 8.49. The number of hydrogen-bond donors (Lipinski definition) is 1. The van der Waals surface area contributed by atoms with Gasteiger partial charge in [0, 0.05) is 19.3 Å². The minimum absolute atomic E-state index is 0.143. The lowest BCUT2D eigenvalue weighted by molar-refractivity contribution is -0.297. The van der Waals surface area contributed by atoms with E-state index in [0.717, 1.165) is 22.4 Å². The molecule has 1 heterocycles. The Morgan fingerprint density at radius 1 is 0.610 bits per heavy atom. The lowest BCUT2D eigenvalue weighted by atomic mass is 9.90. The van der Waals surface area contributed by atoms with E-state index in [-0.39, 0.29) is 24.2 Å². The Bertz CT molecular complexity index is 1260. The largest absolute Gasteiger partial charge is 0.384 e. The molecule has 41 heavy (non-hydrogen) atoms. The quantitative estimate of drug-likeness (QED) is 0.193. The second-order valence-corrected chi connectivity index (χ2v) is 10.2. The third-order valence-corrected chi connectivity index (χ3v) is 7.28. The van der Waals surface area contributed by atoms with Crippen LogP contribution in [-0.2, 0) is 43.5 Å². The van der Waals surface area contributed by atoms with Gasteiger partial charge in [0.2, 0.25) is 0 Å². The predicted molar refractivity (Wildman–Crippen MR) is 160 cm³/mol. The first-order valence-electron chi connectivity index (χ1n) is 14.2. The summed E-state index contributed by atoms with van der Waals surface area (Å²) in [6, 6.07) is 40.7. The van der Waals surface area contributed by atoms with E-state index >= 15 is 0 Å². The molecule has 1 unspecified atom stereocenters. The highest BCUT2D eigenvalue weighted by Crippen LogP contribution is 2.33. The smallest absolute Gasteiger partial charge is 0.164 e. The van der Waals surface area contributed by atoms with Crippen LogP contribution in [0, 0.1) is 5.92 Å². The molecular formula is C35H39NO5. The van der Waals surface area contributed by atoms with Gasteiger partial charge in [-0.25, -0.2) is 0 Å². The van der Waals surface area contributed by atoms with E-state index in [2.05, 4.69) is 53.8 Å². The average Bonchev–Trinajstić information content (AvgIpc) is 3.04. The topological polar surface area (TPSA) is 58.2 Å². The maximum Gasteiger partial charge on any atom is 0.164 e. The Morgan fingerprint density at radius 3 is 1.63 bits per heavy atom. The van der Waals surface area contributed by atoms with Gasteiger partial charge in [0.05, 0.1) is 38.4 Å². The van der Waals surface area contributed by atoms with Crippen molar-refractivity contribution in [2.75, 3.05) is 25.6 Å². The number of benzene rings is 4. The second-order valence-electron chi connectivity index (χ2n) is 10.2. The molecule has 1 aliphatic heterocycles. The fourth-order valence-electron chi connectivity index (χ4n) is 5.15. The van der Waals surface area contributed by atoms with Gasteiger partial charge >= 0.3 is 0 Å². The highest BCUT2D eigenvalue weighted by molar-refractivity contribution is 5.42. The molecule has 0 aliphatic carbocycles. The summed E-state index contributed by atoms with van der Waals surface area (Å²) in [5.74, 6) is -0.143. The van der Waals surface area contributed by atoms with Crippen molar-refractivity contribution >= 4 is 5.69 Å². The van der Waals surface area contributed by atoms with Crippen LogP contribution in [0.5, 0.6) is 0 Å². The summed E-state index contributed by atoms with van der Waals surface area (Å²) < 4.78 is 32.0. The predicted octanol–water partition coefficient (Wildman–Crippen LogP) is 6.47. The van der Waals surface area contributed by atoms with Crippen LogP contribution in [0.15, 0.2) is 121 Å². The van der Waals surface area contributed by atoms with Gasteiger partial charge in [-0.1, -0.05) is 109 Å². The molecule has 4 aromatic carbocycles. The second kappa shape index (κ2) is 15.5. The molecule has 0 saturated carbocycles. The van der Waals surface area contributed by atoms with E-state index in [4.69, 9.17) is 23.7 Å². The zero-order chi connectivity index (χ0) is 28.1. The maximum atomic E-state index is 6.72. The van der Waals surface area contributed by atoms with E-state index in [1.165, 1.54) is 0 Å². The summed E-state index contributed by atoms with van der Waals surface area (Å²) in [6.45, 7) is 2.31. The molecule has 0 amide bonds. The molecule has 0 bridgehead atoms. The van der Waals surface area contributed by atoms with Crippen LogP contribution in [0.3, 0.4) is 0 Å². The highest BCUT2D eigenvalue weighted by Gasteiger charge is 2.47. The van der Waals surface area contributed by atoms with Crippen molar-refractivity contribution in [3.8, 4) is 0 Å². The molecule has 0 radical (unpaired) electrons. The fourth-order valence-corrected chi connectivity index (χ4v) is 5.15. The van der Waals surface area contributed by atoms with E-state index in [1.807, 2.05) is 72.8 Å². The number of nitrogens with one attached hydrogen (secondary N) is 1. The Hall–Kier alpha value is -3.52. The lowest BCUT2D eigenvalue weighted by Gasteiger charge is -2.46. The van der Waals surface area contributed by atoms with E-state index in [9.17, 15) is 0 Å². The molecule has 5 rings (SSSR count). The molecular weight excluding hydrogens is 514 g/mol. The van der Waals surface area contributed by atoms with Crippen molar-refractivity contribution in [1.29, 1.82) is 0 Å². The first-order valence-corrected chi connectivity index (χ1v) is 14.2. The SMILES string of the molecule is COC1O[C@H](COCc2ccccc2)[C@@H](OCc2ccccc2)[C@H](OCc2ccccc2)[C@H]1CNc1ccccc1. The summed E-state index contributed by atoms with van der Waals surface area (Å²) in [6.07, 6.45) is -1.60. The summed E-state index contributed by atoms with van der Waals surface area (Å²) in [5, 5.41) is 3.55. The molecule has 6 heteroatoms.